The zero-order valence-electron chi connectivity index (χ0n) is 16.9. The summed E-state index contributed by atoms with van der Waals surface area (Å²) in [5.74, 6) is -0.640. The predicted octanol–water partition coefficient (Wildman–Crippen LogP) is 1.75. The van der Waals surface area contributed by atoms with Crippen molar-refractivity contribution in [3.8, 4) is 0 Å². The fourth-order valence-corrected chi connectivity index (χ4v) is 3.15. The number of carbonyl (C=O) groups is 3. The first-order valence-electron chi connectivity index (χ1n) is 8.65. The smallest absolute Gasteiger partial charge is 0.245 e. The SMILES string of the molecule is CCN(C)C(C)C(=O)N(C)C(C)C(=O)N(C)C(C)(C)C(=O)c1nccs1. The molecule has 0 aliphatic heterocycles. The number of ketones is 1. The first-order chi connectivity index (χ1) is 12.0. The van der Waals surface area contributed by atoms with Gasteiger partial charge in [0, 0.05) is 25.7 Å². The van der Waals surface area contributed by atoms with E-state index in [0.717, 1.165) is 6.54 Å². The molecule has 2 atom stereocenters. The van der Waals surface area contributed by atoms with Crippen LogP contribution in [0.15, 0.2) is 11.6 Å². The van der Waals surface area contributed by atoms with Gasteiger partial charge in [0.1, 0.15) is 11.6 Å². The molecule has 1 rings (SSSR count). The van der Waals surface area contributed by atoms with Gasteiger partial charge in [-0.1, -0.05) is 6.92 Å². The van der Waals surface area contributed by atoms with Crippen molar-refractivity contribution in [1.29, 1.82) is 0 Å². The molecule has 8 heteroatoms. The van der Waals surface area contributed by atoms with Gasteiger partial charge in [-0.05, 0) is 41.3 Å². The summed E-state index contributed by atoms with van der Waals surface area (Å²) in [5, 5.41) is 2.09. The van der Waals surface area contributed by atoms with Crippen molar-refractivity contribution in [2.45, 2.75) is 52.2 Å². The summed E-state index contributed by atoms with van der Waals surface area (Å²) in [6.45, 7) is 9.59. The van der Waals surface area contributed by atoms with Crippen molar-refractivity contribution in [1.82, 2.24) is 19.7 Å². The van der Waals surface area contributed by atoms with Crippen LogP contribution in [0.5, 0.6) is 0 Å². The Balaban J connectivity index is 2.92. The van der Waals surface area contributed by atoms with Gasteiger partial charge in [-0.2, -0.15) is 0 Å². The quantitative estimate of drug-likeness (QED) is 0.641. The Bertz CT molecular complexity index is 645. The van der Waals surface area contributed by atoms with E-state index in [1.165, 1.54) is 21.1 Å². The van der Waals surface area contributed by atoms with Crippen LogP contribution in [-0.4, -0.2) is 82.6 Å². The lowest BCUT2D eigenvalue weighted by molar-refractivity contribution is -0.147. The number of hydrogen-bond acceptors (Lipinski definition) is 6. The lowest BCUT2D eigenvalue weighted by Gasteiger charge is -2.38. The number of carbonyl (C=O) groups excluding carboxylic acids is 3. The maximum atomic E-state index is 12.9. The number of nitrogens with zero attached hydrogens (tertiary/aromatic N) is 4. The van der Waals surface area contributed by atoms with Crippen molar-refractivity contribution in [3.63, 3.8) is 0 Å². The van der Waals surface area contributed by atoms with Crippen LogP contribution >= 0.6 is 11.3 Å². The van der Waals surface area contributed by atoms with Crippen LogP contribution in [0.4, 0.5) is 0 Å². The first-order valence-corrected chi connectivity index (χ1v) is 9.53. The minimum Gasteiger partial charge on any atom is -0.333 e. The predicted molar refractivity (Wildman–Crippen MR) is 103 cm³/mol. The van der Waals surface area contributed by atoms with Gasteiger partial charge in [0.2, 0.25) is 17.6 Å². The van der Waals surface area contributed by atoms with Gasteiger partial charge < -0.3 is 9.80 Å². The van der Waals surface area contributed by atoms with E-state index in [-0.39, 0.29) is 23.6 Å². The zero-order chi connectivity index (χ0) is 20.2. The summed E-state index contributed by atoms with van der Waals surface area (Å²) in [6, 6.07) is -1.00. The molecule has 0 N–H and O–H groups in total. The zero-order valence-corrected chi connectivity index (χ0v) is 17.8. The molecule has 0 bridgehead atoms. The molecule has 2 amide bonds. The van der Waals surface area contributed by atoms with E-state index in [4.69, 9.17) is 0 Å². The molecule has 0 aromatic carbocycles. The Labute approximate surface area is 160 Å². The molecule has 0 aliphatic carbocycles. The van der Waals surface area contributed by atoms with Crippen molar-refractivity contribution >= 4 is 28.9 Å². The molecule has 0 spiro atoms. The maximum absolute atomic E-state index is 12.9. The van der Waals surface area contributed by atoms with E-state index in [0.29, 0.717) is 5.01 Å². The summed E-state index contributed by atoms with van der Waals surface area (Å²) >= 11 is 1.25. The lowest BCUT2D eigenvalue weighted by atomic mass is 9.96. The highest BCUT2D eigenvalue weighted by molar-refractivity contribution is 7.11. The highest BCUT2D eigenvalue weighted by atomic mass is 32.1. The number of amides is 2. The van der Waals surface area contributed by atoms with E-state index in [1.54, 1.807) is 46.4 Å². The topological polar surface area (TPSA) is 73.8 Å². The molecule has 0 aliphatic rings. The van der Waals surface area contributed by atoms with Gasteiger partial charge in [-0.25, -0.2) is 4.98 Å². The van der Waals surface area contributed by atoms with Gasteiger partial charge in [0.25, 0.3) is 0 Å². The number of likely N-dealkylation sites (N-methyl/N-ethyl adjacent to an activating group) is 3. The van der Waals surface area contributed by atoms with Crippen LogP contribution < -0.4 is 0 Å². The van der Waals surface area contributed by atoms with Gasteiger partial charge in [0.15, 0.2) is 5.01 Å². The first kappa shape index (κ1) is 22.2. The van der Waals surface area contributed by atoms with Crippen molar-refractivity contribution in [3.05, 3.63) is 16.6 Å². The summed E-state index contributed by atoms with van der Waals surface area (Å²) in [5.41, 5.74) is -1.06. The Morgan fingerprint density at radius 2 is 1.69 bits per heavy atom. The third-order valence-corrected chi connectivity index (χ3v) is 5.93. The van der Waals surface area contributed by atoms with E-state index in [9.17, 15) is 14.4 Å². The maximum Gasteiger partial charge on any atom is 0.245 e. The molecule has 7 nitrogen and oxygen atoms in total. The largest absolute Gasteiger partial charge is 0.333 e. The minimum absolute atomic E-state index is 0.132. The molecule has 1 aromatic heterocycles. The summed E-state index contributed by atoms with van der Waals surface area (Å²) in [7, 11) is 5.07. The van der Waals surface area contributed by atoms with Crippen molar-refractivity contribution < 1.29 is 14.4 Å². The third kappa shape index (κ3) is 4.48. The molecule has 146 valence electrons. The highest BCUT2D eigenvalue weighted by Gasteiger charge is 2.40. The number of thiazole rings is 1. The minimum atomic E-state index is -1.06. The number of Topliss-reactive ketones (excluding diaryl/α,β-unsaturated/α-hetero) is 1. The average Bonchev–Trinajstić information content (AvgIpc) is 3.17. The van der Waals surface area contributed by atoms with Crippen LogP contribution in [0.25, 0.3) is 0 Å². The Morgan fingerprint density at radius 1 is 1.12 bits per heavy atom. The van der Waals surface area contributed by atoms with Crippen molar-refractivity contribution in [2.75, 3.05) is 27.7 Å². The van der Waals surface area contributed by atoms with E-state index in [1.807, 2.05) is 25.8 Å². The summed E-state index contributed by atoms with van der Waals surface area (Å²) < 4.78 is 0. The summed E-state index contributed by atoms with van der Waals surface area (Å²) in [6.07, 6.45) is 1.57. The van der Waals surface area contributed by atoms with Gasteiger partial charge >= 0.3 is 0 Å². The van der Waals surface area contributed by atoms with Crippen molar-refractivity contribution in [2.24, 2.45) is 0 Å². The fourth-order valence-electron chi connectivity index (χ4n) is 2.42. The van der Waals surface area contributed by atoms with E-state index < -0.39 is 11.6 Å². The number of rotatable bonds is 8. The van der Waals surface area contributed by atoms with E-state index in [2.05, 4.69) is 4.98 Å². The Hall–Kier alpha value is -1.80. The molecular weight excluding hydrogens is 352 g/mol. The van der Waals surface area contributed by atoms with Crippen LogP contribution in [0.2, 0.25) is 0 Å². The van der Waals surface area contributed by atoms with Gasteiger partial charge in [-0.3, -0.25) is 19.3 Å². The second-order valence-electron chi connectivity index (χ2n) is 7.00. The van der Waals surface area contributed by atoms with E-state index >= 15 is 0 Å². The molecule has 1 aromatic rings. The average molecular weight is 383 g/mol. The molecule has 0 saturated carbocycles. The van der Waals surface area contributed by atoms with Crippen LogP contribution in [-0.2, 0) is 9.59 Å². The van der Waals surface area contributed by atoms with Crippen LogP contribution in [0, 0.1) is 0 Å². The Kier molecular flexibility index (Phi) is 7.46. The summed E-state index contributed by atoms with van der Waals surface area (Å²) in [4.78, 5) is 47.0. The standard InChI is InChI=1S/C18H30N4O3S/c1-9-20(6)12(2)16(24)21(7)13(3)17(25)22(8)18(4,5)14(23)15-19-10-11-26-15/h10-13H,9H2,1-8H3. The molecular formula is C18H30N4O3S. The monoisotopic (exact) mass is 382 g/mol. The molecule has 1 heterocycles. The number of hydrogen-bond donors (Lipinski definition) is 0. The van der Waals surface area contributed by atoms with Crippen LogP contribution in [0.1, 0.15) is 44.4 Å². The number of aromatic nitrogens is 1. The molecule has 26 heavy (non-hydrogen) atoms. The second kappa shape index (κ2) is 8.73. The molecule has 2 unspecified atom stereocenters. The van der Waals surface area contributed by atoms with Gasteiger partial charge in [0.05, 0.1) is 6.04 Å². The molecule has 0 saturated heterocycles. The molecule has 0 radical (unpaired) electrons. The van der Waals surface area contributed by atoms with Crippen LogP contribution in [0.3, 0.4) is 0 Å². The fraction of sp³-hybridized carbons (Fsp3) is 0.667. The normalized spacial score (nSPS) is 14.0. The van der Waals surface area contributed by atoms with Gasteiger partial charge in [-0.15, -0.1) is 11.3 Å². The lowest BCUT2D eigenvalue weighted by Crippen LogP contribution is -2.58. The molecule has 0 fully saturated rings. The highest BCUT2D eigenvalue weighted by Crippen LogP contribution is 2.22. The third-order valence-electron chi connectivity index (χ3n) is 5.15. The second-order valence-corrected chi connectivity index (χ2v) is 7.89. The Morgan fingerprint density at radius 3 is 2.15 bits per heavy atom.